The van der Waals surface area contributed by atoms with Crippen LogP contribution in [0, 0.1) is 0 Å². The number of hydrogen-bond donors (Lipinski definition) is 2. The summed E-state index contributed by atoms with van der Waals surface area (Å²) in [5.41, 5.74) is 0.827. The standard InChI is InChI=1S/C15H23NO3/c1-4-5-11(2)16-15(18)10-19-14-8-6-13(7-9-14)12(3)17/h6-9,11-12,17H,4-5,10H2,1-3H3,(H,16,18)/t11?,12-/m1/s1. The third kappa shape index (κ3) is 5.75. The van der Waals surface area contributed by atoms with Gasteiger partial charge in [0, 0.05) is 6.04 Å². The van der Waals surface area contributed by atoms with Gasteiger partial charge in [-0.1, -0.05) is 25.5 Å². The molecule has 0 aliphatic carbocycles. The molecule has 0 saturated carbocycles. The number of nitrogens with one attached hydrogen (secondary N) is 1. The predicted octanol–water partition coefficient (Wildman–Crippen LogP) is 2.42. The molecule has 0 aliphatic rings. The van der Waals surface area contributed by atoms with Crippen LogP contribution < -0.4 is 10.1 Å². The molecule has 1 aromatic rings. The summed E-state index contributed by atoms with van der Waals surface area (Å²) in [5, 5.41) is 12.3. The molecule has 0 aliphatic heterocycles. The number of hydrogen-bond acceptors (Lipinski definition) is 3. The van der Waals surface area contributed by atoms with Crippen molar-refractivity contribution in [1.29, 1.82) is 0 Å². The highest BCUT2D eigenvalue weighted by Crippen LogP contribution is 2.17. The maximum Gasteiger partial charge on any atom is 0.258 e. The SMILES string of the molecule is CCCC(C)NC(=O)COc1ccc([C@@H](C)O)cc1. The van der Waals surface area contributed by atoms with E-state index in [0.29, 0.717) is 5.75 Å². The van der Waals surface area contributed by atoms with Gasteiger partial charge in [0.1, 0.15) is 5.75 Å². The van der Waals surface area contributed by atoms with Crippen LogP contribution in [0.4, 0.5) is 0 Å². The average molecular weight is 265 g/mol. The first-order valence-corrected chi connectivity index (χ1v) is 6.73. The lowest BCUT2D eigenvalue weighted by atomic mass is 10.1. The average Bonchev–Trinajstić information content (AvgIpc) is 2.37. The van der Waals surface area contributed by atoms with E-state index in [-0.39, 0.29) is 18.6 Å². The Hall–Kier alpha value is -1.55. The summed E-state index contributed by atoms with van der Waals surface area (Å²) in [7, 11) is 0. The van der Waals surface area contributed by atoms with Crippen molar-refractivity contribution in [2.45, 2.75) is 45.8 Å². The van der Waals surface area contributed by atoms with Crippen LogP contribution in [0.15, 0.2) is 24.3 Å². The van der Waals surface area contributed by atoms with E-state index in [0.717, 1.165) is 18.4 Å². The minimum absolute atomic E-state index is 0.0160. The Morgan fingerprint density at radius 2 is 1.95 bits per heavy atom. The van der Waals surface area contributed by atoms with Crippen molar-refractivity contribution in [1.82, 2.24) is 5.32 Å². The van der Waals surface area contributed by atoms with Gasteiger partial charge in [0.25, 0.3) is 5.91 Å². The lowest BCUT2D eigenvalue weighted by Crippen LogP contribution is -2.35. The first-order chi connectivity index (χ1) is 9.02. The molecule has 2 N–H and O–H groups in total. The highest BCUT2D eigenvalue weighted by molar-refractivity contribution is 5.77. The van der Waals surface area contributed by atoms with Gasteiger partial charge in [0.15, 0.2) is 6.61 Å². The normalized spacial score (nSPS) is 13.7. The Bertz CT molecular complexity index is 387. The van der Waals surface area contributed by atoms with Crippen molar-refractivity contribution in [3.63, 3.8) is 0 Å². The minimum Gasteiger partial charge on any atom is -0.484 e. The van der Waals surface area contributed by atoms with Gasteiger partial charge >= 0.3 is 0 Å². The lowest BCUT2D eigenvalue weighted by Gasteiger charge is -2.13. The Kier molecular flexibility index (Phi) is 6.36. The highest BCUT2D eigenvalue weighted by Gasteiger charge is 2.07. The third-order valence-electron chi connectivity index (χ3n) is 2.86. The Balaban J connectivity index is 2.37. The molecule has 1 aromatic carbocycles. The third-order valence-corrected chi connectivity index (χ3v) is 2.86. The topological polar surface area (TPSA) is 58.6 Å². The molecule has 0 heterocycles. The van der Waals surface area contributed by atoms with E-state index in [2.05, 4.69) is 12.2 Å². The van der Waals surface area contributed by atoms with Gasteiger partial charge in [-0.3, -0.25) is 4.79 Å². The number of amides is 1. The quantitative estimate of drug-likeness (QED) is 0.796. The maximum atomic E-state index is 11.6. The molecule has 1 unspecified atom stereocenters. The fraction of sp³-hybridized carbons (Fsp3) is 0.533. The van der Waals surface area contributed by atoms with Crippen LogP contribution in [0.2, 0.25) is 0 Å². The first-order valence-electron chi connectivity index (χ1n) is 6.73. The van der Waals surface area contributed by atoms with Crippen LogP contribution in [0.5, 0.6) is 5.75 Å². The van der Waals surface area contributed by atoms with Crippen LogP contribution in [-0.4, -0.2) is 23.7 Å². The monoisotopic (exact) mass is 265 g/mol. The van der Waals surface area contributed by atoms with E-state index in [9.17, 15) is 9.90 Å². The number of ether oxygens (including phenoxy) is 1. The molecular formula is C15H23NO3. The van der Waals surface area contributed by atoms with Gasteiger partial charge in [0.2, 0.25) is 0 Å². The second kappa shape index (κ2) is 7.79. The molecule has 4 nitrogen and oxygen atoms in total. The number of carbonyl (C=O) groups excluding carboxylic acids is 1. The van der Waals surface area contributed by atoms with E-state index in [1.165, 1.54) is 0 Å². The smallest absolute Gasteiger partial charge is 0.258 e. The van der Waals surface area contributed by atoms with Gasteiger partial charge in [0.05, 0.1) is 6.10 Å². The summed E-state index contributed by atoms with van der Waals surface area (Å²) in [5.74, 6) is 0.517. The molecule has 0 saturated heterocycles. The van der Waals surface area contributed by atoms with E-state index >= 15 is 0 Å². The molecule has 0 fully saturated rings. The van der Waals surface area contributed by atoms with E-state index in [1.54, 1.807) is 31.2 Å². The summed E-state index contributed by atoms with van der Waals surface area (Å²) in [6.45, 7) is 5.79. The largest absolute Gasteiger partial charge is 0.484 e. The van der Waals surface area contributed by atoms with Gasteiger partial charge in [-0.05, 0) is 38.0 Å². The molecule has 0 aromatic heterocycles. The van der Waals surface area contributed by atoms with E-state index in [1.807, 2.05) is 6.92 Å². The highest BCUT2D eigenvalue weighted by atomic mass is 16.5. The summed E-state index contributed by atoms with van der Waals surface area (Å²) < 4.78 is 5.39. The van der Waals surface area contributed by atoms with Gasteiger partial charge in [-0.2, -0.15) is 0 Å². The van der Waals surface area contributed by atoms with Crippen LogP contribution in [0.3, 0.4) is 0 Å². The number of benzene rings is 1. The number of aliphatic hydroxyl groups excluding tert-OH is 1. The second-order valence-corrected chi connectivity index (χ2v) is 4.79. The van der Waals surface area contributed by atoms with Crippen molar-refractivity contribution in [2.24, 2.45) is 0 Å². The lowest BCUT2D eigenvalue weighted by molar-refractivity contribution is -0.123. The van der Waals surface area contributed by atoms with Crippen molar-refractivity contribution in [2.75, 3.05) is 6.61 Å². The molecule has 4 heteroatoms. The summed E-state index contributed by atoms with van der Waals surface area (Å²) in [6, 6.07) is 7.27. The van der Waals surface area contributed by atoms with Crippen molar-refractivity contribution in [3.05, 3.63) is 29.8 Å². The number of aliphatic hydroxyl groups is 1. The molecule has 0 radical (unpaired) electrons. The van der Waals surface area contributed by atoms with Crippen molar-refractivity contribution in [3.8, 4) is 5.75 Å². The molecular weight excluding hydrogens is 242 g/mol. The van der Waals surface area contributed by atoms with Crippen LogP contribution in [0.25, 0.3) is 0 Å². The molecule has 2 atom stereocenters. The number of carbonyl (C=O) groups is 1. The van der Waals surface area contributed by atoms with Gasteiger partial charge in [-0.25, -0.2) is 0 Å². The number of rotatable bonds is 7. The fourth-order valence-electron chi connectivity index (χ4n) is 1.81. The zero-order valence-electron chi connectivity index (χ0n) is 11.8. The van der Waals surface area contributed by atoms with E-state index in [4.69, 9.17) is 4.74 Å². The molecule has 106 valence electrons. The maximum absolute atomic E-state index is 11.6. The summed E-state index contributed by atoms with van der Waals surface area (Å²) >= 11 is 0. The van der Waals surface area contributed by atoms with Crippen LogP contribution >= 0.6 is 0 Å². The second-order valence-electron chi connectivity index (χ2n) is 4.79. The van der Waals surface area contributed by atoms with Gasteiger partial charge in [-0.15, -0.1) is 0 Å². The van der Waals surface area contributed by atoms with E-state index < -0.39 is 6.10 Å². The molecule has 1 amide bonds. The Labute approximate surface area is 114 Å². The minimum atomic E-state index is -0.493. The Morgan fingerprint density at radius 3 is 2.47 bits per heavy atom. The molecule has 1 rings (SSSR count). The zero-order chi connectivity index (χ0) is 14.3. The molecule has 0 bridgehead atoms. The zero-order valence-corrected chi connectivity index (χ0v) is 11.8. The fourth-order valence-corrected chi connectivity index (χ4v) is 1.81. The molecule has 19 heavy (non-hydrogen) atoms. The van der Waals surface area contributed by atoms with Crippen molar-refractivity contribution < 1.29 is 14.6 Å². The summed E-state index contributed by atoms with van der Waals surface area (Å²) in [6.07, 6.45) is 1.52. The first kappa shape index (κ1) is 15.5. The predicted molar refractivity (Wildman–Crippen MR) is 75.1 cm³/mol. The van der Waals surface area contributed by atoms with Crippen LogP contribution in [0.1, 0.15) is 45.3 Å². The van der Waals surface area contributed by atoms with Crippen LogP contribution in [-0.2, 0) is 4.79 Å². The summed E-state index contributed by atoms with van der Waals surface area (Å²) in [4.78, 5) is 11.6. The van der Waals surface area contributed by atoms with Gasteiger partial charge < -0.3 is 15.2 Å². The van der Waals surface area contributed by atoms with Crippen molar-refractivity contribution >= 4 is 5.91 Å². The molecule has 0 spiro atoms. The Morgan fingerprint density at radius 1 is 1.32 bits per heavy atom.